The molecule has 3 aliphatic rings. The number of nitrogens with one attached hydrogen (secondary N) is 1. The Morgan fingerprint density at radius 2 is 1.79 bits per heavy atom. The fourth-order valence-electron chi connectivity index (χ4n) is 4.84. The van der Waals surface area contributed by atoms with E-state index in [0.717, 1.165) is 12.0 Å². The Labute approximate surface area is 189 Å². The lowest BCUT2D eigenvalue weighted by molar-refractivity contribution is -0.144. The summed E-state index contributed by atoms with van der Waals surface area (Å²) in [6.45, 7) is 1.68. The van der Waals surface area contributed by atoms with Crippen LogP contribution in [-0.4, -0.2) is 74.8 Å². The first-order chi connectivity index (χ1) is 15.8. The van der Waals surface area contributed by atoms with Gasteiger partial charge in [-0.15, -0.1) is 0 Å². The van der Waals surface area contributed by atoms with Crippen LogP contribution in [0.25, 0.3) is 0 Å². The summed E-state index contributed by atoms with van der Waals surface area (Å²) in [7, 11) is 3.55. The first-order valence-electron chi connectivity index (χ1n) is 10.2. The van der Waals surface area contributed by atoms with Crippen molar-refractivity contribution in [1.29, 1.82) is 0 Å². The third-order valence-electron chi connectivity index (χ3n) is 6.14. The van der Waals surface area contributed by atoms with Crippen molar-refractivity contribution in [1.82, 2.24) is 4.90 Å². The maximum Gasteiger partial charge on any atom is 0.416 e. The number of carbonyl (C=O) groups excluding carboxylic acids is 4. The summed E-state index contributed by atoms with van der Waals surface area (Å²) in [5, 5.41) is 3.26. The molecule has 3 heterocycles. The third-order valence-corrected chi connectivity index (χ3v) is 6.14. The first-order valence-corrected chi connectivity index (χ1v) is 10.2. The largest absolute Gasteiger partial charge is 0.467 e. The van der Waals surface area contributed by atoms with Crippen LogP contribution in [0, 0.1) is 0 Å². The van der Waals surface area contributed by atoms with Crippen LogP contribution in [0.2, 0.25) is 0 Å². The Balaban J connectivity index is 2.04. The molecule has 1 aromatic carbocycles. The van der Waals surface area contributed by atoms with Crippen molar-refractivity contribution in [2.24, 2.45) is 4.99 Å². The highest BCUT2D eigenvalue weighted by atomic mass is 16.6. The van der Waals surface area contributed by atoms with Crippen molar-refractivity contribution in [3.63, 3.8) is 0 Å². The van der Waals surface area contributed by atoms with Gasteiger partial charge in [-0.05, 0) is 25.0 Å². The van der Waals surface area contributed by atoms with Gasteiger partial charge >= 0.3 is 24.0 Å². The minimum atomic E-state index is -1.15. The summed E-state index contributed by atoms with van der Waals surface area (Å²) in [5.41, 5.74) is -0.154. The second-order valence-electron chi connectivity index (χ2n) is 7.59. The van der Waals surface area contributed by atoms with Crippen LogP contribution in [0.3, 0.4) is 0 Å². The van der Waals surface area contributed by atoms with Crippen LogP contribution in [-0.2, 0) is 38.7 Å². The number of para-hydroxylation sites is 1. The van der Waals surface area contributed by atoms with Crippen molar-refractivity contribution >= 4 is 35.5 Å². The number of hydrogen-bond donors (Lipinski definition) is 1. The van der Waals surface area contributed by atoms with Crippen LogP contribution in [0.15, 0.2) is 40.5 Å². The van der Waals surface area contributed by atoms with Crippen LogP contribution < -0.4 is 5.32 Å². The molecule has 3 atom stereocenters. The van der Waals surface area contributed by atoms with Crippen LogP contribution in [0.5, 0.6) is 0 Å². The topological polar surface area (TPSA) is 133 Å². The van der Waals surface area contributed by atoms with Gasteiger partial charge in [-0.2, -0.15) is 0 Å². The second-order valence-corrected chi connectivity index (χ2v) is 7.59. The first kappa shape index (κ1) is 22.3. The number of anilines is 1. The number of amidine groups is 1. The van der Waals surface area contributed by atoms with Gasteiger partial charge in [-0.3, -0.25) is 0 Å². The molecule has 1 spiro atoms. The number of likely N-dealkylation sites (tertiary alicyclic amines) is 1. The van der Waals surface area contributed by atoms with E-state index in [1.807, 2.05) is 6.07 Å². The van der Waals surface area contributed by atoms with Crippen molar-refractivity contribution in [3.05, 3.63) is 41.1 Å². The number of rotatable bonds is 4. The molecule has 174 valence electrons. The molecule has 1 N–H and O–H groups in total. The quantitative estimate of drug-likeness (QED) is 0.522. The van der Waals surface area contributed by atoms with Crippen molar-refractivity contribution in [3.8, 4) is 0 Å². The van der Waals surface area contributed by atoms with Crippen LogP contribution in [0.4, 0.5) is 10.5 Å². The van der Waals surface area contributed by atoms with Crippen molar-refractivity contribution in [2.75, 3.05) is 33.3 Å². The number of esters is 3. The molecule has 1 saturated heterocycles. The van der Waals surface area contributed by atoms with Crippen LogP contribution in [0.1, 0.15) is 18.9 Å². The fraction of sp³-hybridized carbons (Fsp3) is 0.409. The molecule has 4 rings (SSSR count). The Bertz CT molecular complexity index is 1110. The average molecular weight is 457 g/mol. The predicted molar refractivity (Wildman–Crippen MR) is 113 cm³/mol. The van der Waals surface area contributed by atoms with E-state index in [1.165, 1.54) is 14.2 Å². The molecule has 0 saturated carbocycles. The molecule has 0 radical (unpaired) electrons. The summed E-state index contributed by atoms with van der Waals surface area (Å²) < 4.78 is 20.0. The van der Waals surface area contributed by atoms with Crippen LogP contribution >= 0.6 is 0 Å². The summed E-state index contributed by atoms with van der Waals surface area (Å²) in [4.78, 5) is 56.9. The molecule has 0 unspecified atom stereocenters. The number of nitrogens with zero attached hydrogens (tertiary/aromatic N) is 2. The van der Waals surface area contributed by atoms with E-state index >= 15 is 0 Å². The van der Waals surface area contributed by atoms with E-state index in [0.29, 0.717) is 11.3 Å². The van der Waals surface area contributed by atoms with Gasteiger partial charge in [0, 0.05) is 5.69 Å². The zero-order valence-electron chi connectivity index (χ0n) is 18.5. The second kappa shape index (κ2) is 8.23. The SMILES string of the molecule is CCOC(=O)N1C2=NC(C(=O)OC)=C(C(=O)OC)[C@@H]3Nc4ccccc4[C@]23C[C@H]1C(=O)OC. The van der Waals surface area contributed by atoms with E-state index in [-0.39, 0.29) is 30.1 Å². The monoisotopic (exact) mass is 457 g/mol. The Hall–Kier alpha value is -3.89. The molecule has 3 aliphatic heterocycles. The minimum Gasteiger partial charge on any atom is -0.467 e. The Kier molecular flexibility index (Phi) is 5.56. The molecule has 1 fully saturated rings. The molecule has 0 bridgehead atoms. The number of benzene rings is 1. The molecular formula is C22H23N3O8. The van der Waals surface area contributed by atoms with Gasteiger partial charge in [0.15, 0.2) is 5.70 Å². The van der Waals surface area contributed by atoms with E-state index in [4.69, 9.17) is 18.9 Å². The lowest BCUT2D eigenvalue weighted by Crippen LogP contribution is -2.53. The Morgan fingerprint density at radius 3 is 2.42 bits per heavy atom. The van der Waals surface area contributed by atoms with Gasteiger partial charge in [0.05, 0.1) is 45.0 Å². The summed E-state index contributed by atoms with van der Waals surface area (Å²) in [6, 6.07) is 5.25. The van der Waals surface area contributed by atoms with Gasteiger partial charge < -0.3 is 24.3 Å². The van der Waals surface area contributed by atoms with Gasteiger partial charge in [0.2, 0.25) is 0 Å². The number of methoxy groups -OCH3 is 3. The lowest BCUT2D eigenvalue weighted by atomic mass is 9.70. The number of carbonyl (C=O) groups is 4. The van der Waals surface area contributed by atoms with Gasteiger partial charge in [0.1, 0.15) is 11.9 Å². The number of amides is 1. The third kappa shape index (κ3) is 3.06. The molecular weight excluding hydrogens is 434 g/mol. The van der Waals surface area contributed by atoms with E-state index in [1.54, 1.807) is 25.1 Å². The number of aliphatic imine (C=N–C) groups is 1. The maximum absolute atomic E-state index is 13.0. The highest BCUT2D eigenvalue weighted by molar-refractivity contribution is 6.16. The maximum atomic E-state index is 13.0. The summed E-state index contributed by atoms with van der Waals surface area (Å²) in [6.07, 6.45) is -0.779. The lowest BCUT2D eigenvalue weighted by Gasteiger charge is -2.36. The average Bonchev–Trinajstić information content (AvgIpc) is 3.35. The normalized spacial score (nSPS) is 24.6. The van der Waals surface area contributed by atoms with E-state index in [9.17, 15) is 19.2 Å². The van der Waals surface area contributed by atoms with Gasteiger partial charge in [-0.1, -0.05) is 18.2 Å². The molecule has 0 aromatic heterocycles. The fourth-order valence-corrected chi connectivity index (χ4v) is 4.84. The molecule has 11 heteroatoms. The molecule has 1 aromatic rings. The number of fused-ring (bicyclic) bond motifs is 1. The number of hydrogen-bond acceptors (Lipinski definition) is 10. The standard InChI is InChI=1S/C22H23N3O8/c1-5-33-21(29)25-13(17(26)30-2)10-22-11-8-6-7-9-12(11)23-16(22)14(18(27)31-3)15(19(28)32-4)24-20(22)25/h6-9,13,16,23H,5,10H2,1-4H3/t13-,16-,22-/m0/s1. The molecule has 0 aliphatic carbocycles. The number of ether oxygens (including phenoxy) is 4. The highest BCUT2D eigenvalue weighted by Gasteiger charge is 2.66. The molecule has 11 nitrogen and oxygen atoms in total. The summed E-state index contributed by atoms with van der Waals surface area (Å²) >= 11 is 0. The van der Waals surface area contributed by atoms with E-state index in [2.05, 4.69) is 10.3 Å². The predicted octanol–water partition coefficient (Wildman–Crippen LogP) is 1.13. The molecule has 1 amide bonds. The van der Waals surface area contributed by atoms with Crippen molar-refractivity contribution in [2.45, 2.75) is 30.8 Å². The Morgan fingerprint density at radius 1 is 1.09 bits per heavy atom. The molecule has 33 heavy (non-hydrogen) atoms. The smallest absolute Gasteiger partial charge is 0.416 e. The van der Waals surface area contributed by atoms with Gasteiger partial charge in [0.25, 0.3) is 0 Å². The zero-order chi connectivity index (χ0) is 23.9. The highest BCUT2D eigenvalue weighted by Crippen LogP contribution is 2.55. The zero-order valence-corrected chi connectivity index (χ0v) is 18.5. The van der Waals surface area contributed by atoms with Gasteiger partial charge in [-0.25, -0.2) is 29.1 Å². The minimum absolute atomic E-state index is 0.0426. The van der Waals surface area contributed by atoms with E-state index < -0.39 is 41.5 Å². The summed E-state index contributed by atoms with van der Waals surface area (Å²) in [5.74, 6) is -2.27. The van der Waals surface area contributed by atoms with Crippen molar-refractivity contribution < 1.29 is 38.1 Å².